The molecule has 2 aromatic heterocycles. The van der Waals surface area contributed by atoms with Crippen LogP contribution in [0.15, 0.2) is 22.6 Å². The second-order valence-electron chi connectivity index (χ2n) is 10.1. The van der Waals surface area contributed by atoms with Crippen LogP contribution in [0.2, 0.25) is 10.0 Å². The standard InChI is InChI=1S/C25H30Cl2N6O3/c1-13(2)9-21-28-29-23(36-21)15(4)31-7-8-33-22(25(31)35)17-12-32(14(3)10-20(17)30-33)24(34)16-5-6-18(26)19(27)11-16/h5-6,11,13-15,25,35H,7-10,12H2,1-4H3/t14-,15?,25?/m1/s1. The SMILES string of the molecule is CC(C)Cc1nnc(C(C)N2CCn3nc4c(c3C2O)CN(C(=O)c2ccc(Cl)c(Cl)c2)[C@H](C)C4)o1. The van der Waals surface area contributed by atoms with Crippen LogP contribution in [0.4, 0.5) is 0 Å². The van der Waals surface area contributed by atoms with Crippen LogP contribution in [-0.2, 0) is 25.9 Å². The number of amides is 1. The minimum atomic E-state index is -0.916. The van der Waals surface area contributed by atoms with Crippen LogP contribution >= 0.6 is 23.2 Å². The van der Waals surface area contributed by atoms with E-state index in [4.69, 9.17) is 32.7 Å². The summed E-state index contributed by atoms with van der Waals surface area (Å²) in [4.78, 5) is 17.1. The smallest absolute Gasteiger partial charge is 0.254 e. The number of aromatic nitrogens is 4. The van der Waals surface area contributed by atoms with Crippen molar-refractivity contribution in [3.05, 3.63) is 62.5 Å². The normalized spacial score (nSPS) is 20.9. The molecule has 11 heteroatoms. The lowest BCUT2D eigenvalue weighted by Crippen LogP contribution is -2.44. The number of hydrogen-bond acceptors (Lipinski definition) is 7. The minimum Gasteiger partial charge on any atom is -0.424 e. The molecule has 2 unspecified atom stereocenters. The minimum absolute atomic E-state index is 0.0543. The number of nitrogens with zero attached hydrogens (tertiary/aromatic N) is 6. The van der Waals surface area contributed by atoms with Gasteiger partial charge in [0.2, 0.25) is 11.8 Å². The quantitative estimate of drug-likeness (QED) is 0.518. The highest BCUT2D eigenvalue weighted by Crippen LogP contribution is 2.37. The van der Waals surface area contributed by atoms with Gasteiger partial charge in [0, 0.05) is 36.6 Å². The maximum Gasteiger partial charge on any atom is 0.254 e. The average Bonchev–Trinajstić information content (AvgIpc) is 3.43. The van der Waals surface area contributed by atoms with Gasteiger partial charge in [0.1, 0.15) is 0 Å². The topological polar surface area (TPSA) is 101 Å². The molecule has 2 aliphatic heterocycles. The number of benzene rings is 1. The molecule has 9 nitrogen and oxygen atoms in total. The van der Waals surface area contributed by atoms with Gasteiger partial charge in [-0.1, -0.05) is 37.0 Å². The fourth-order valence-electron chi connectivity index (χ4n) is 5.05. The van der Waals surface area contributed by atoms with Crippen molar-refractivity contribution < 1.29 is 14.3 Å². The Balaban J connectivity index is 1.40. The van der Waals surface area contributed by atoms with Gasteiger partial charge in [0.05, 0.1) is 40.6 Å². The summed E-state index contributed by atoms with van der Waals surface area (Å²) in [6.45, 7) is 9.71. The number of carbonyl (C=O) groups is 1. The van der Waals surface area contributed by atoms with E-state index in [-0.39, 0.29) is 18.0 Å². The zero-order chi connectivity index (χ0) is 25.7. The summed E-state index contributed by atoms with van der Waals surface area (Å²) in [5.41, 5.74) is 2.99. The van der Waals surface area contributed by atoms with Gasteiger partial charge in [0.15, 0.2) is 6.23 Å². The molecule has 1 N–H and O–H groups in total. The molecular formula is C25H30Cl2N6O3. The lowest BCUT2D eigenvalue weighted by molar-refractivity contribution is -0.0542. The summed E-state index contributed by atoms with van der Waals surface area (Å²) in [5, 5.41) is 25.4. The zero-order valence-corrected chi connectivity index (χ0v) is 22.3. The Morgan fingerprint density at radius 3 is 2.69 bits per heavy atom. The second-order valence-corrected chi connectivity index (χ2v) is 10.9. The van der Waals surface area contributed by atoms with Crippen molar-refractivity contribution in [2.45, 2.75) is 71.9 Å². The van der Waals surface area contributed by atoms with Crippen molar-refractivity contribution in [1.29, 1.82) is 0 Å². The molecule has 0 fully saturated rings. The Morgan fingerprint density at radius 2 is 1.97 bits per heavy atom. The molecule has 4 heterocycles. The molecular weight excluding hydrogens is 503 g/mol. The first-order chi connectivity index (χ1) is 17.1. The molecule has 0 saturated carbocycles. The van der Waals surface area contributed by atoms with Gasteiger partial charge in [-0.15, -0.1) is 10.2 Å². The van der Waals surface area contributed by atoms with Gasteiger partial charge < -0.3 is 14.4 Å². The molecule has 0 saturated heterocycles. The number of carbonyl (C=O) groups excluding carboxylic acids is 1. The Hall–Kier alpha value is -2.46. The number of halogens is 2. The molecule has 36 heavy (non-hydrogen) atoms. The number of aliphatic hydroxyl groups is 1. The van der Waals surface area contributed by atoms with Crippen molar-refractivity contribution in [3.63, 3.8) is 0 Å². The van der Waals surface area contributed by atoms with Gasteiger partial charge in [-0.25, -0.2) is 0 Å². The van der Waals surface area contributed by atoms with E-state index in [1.54, 1.807) is 23.1 Å². The van der Waals surface area contributed by atoms with Gasteiger partial charge in [-0.3, -0.25) is 14.4 Å². The summed E-state index contributed by atoms with van der Waals surface area (Å²) in [7, 11) is 0. The van der Waals surface area contributed by atoms with Crippen molar-refractivity contribution in [2.75, 3.05) is 6.54 Å². The van der Waals surface area contributed by atoms with Crippen molar-refractivity contribution in [1.82, 2.24) is 29.8 Å². The van der Waals surface area contributed by atoms with Crippen LogP contribution in [0.1, 0.15) is 79.1 Å². The van der Waals surface area contributed by atoms with E-state index in [1.807, 2.05) is 23.4 Å². The van der Waals surface area contributed by atoms with Gasteiger partial charge >= 0.3 is 0 Å². The summed E-state index contributed by atoms with van der Waals surface area (Å²) in [6, 6.07) is 4.58. The molecule has 3 atom stereocenters. The van der Waals surface area contributed by atoms with Crippen LogP contribution in [0.5, 0.6) is 0 Å². The summed E-state index contributed by atoms with van der Waals surface area (Å²) >= 11 is 12.2. The van der Waals surface area contributed by atoms with Crippen LogP contribution in [0.3, 0.4) is 0 Å². The van der Waals surface area contributed by atoms with E-state index in [0.717, 1.165) is 11.3 Å². The van der Waals surface area contributed by atoms with E-state index in [9.17, 15) is 9.90 Å². The largest absolute Gasteiger partial charge is 0.424 e. The molecule has 5 rings (SSSR count). The molecule has 0 radical (unpaired) electrons. The highest BCUT2D eigenvalue weighted by molar-refractivity contribution is 6.42. The number of rotatable bonds is 5. The third kappa shape index (κ3) is 4.53. The highest BCUT2D eigenvalue weighted by atomic mass is 35.5. The van der Waals surface area contributed by atoms with Gasteiger partial charge in [0.25, 0.3) is 5.91 Å². The van der Waals surface area contributed by atoms with Crippen molar-refractivity contribution >= 4 is 29.1 Å². The first kappa shape index (κ1) is 25.2. The number of hydrogen-bond donors (Lipinski definition) is 1. The number of aliphatic hydroxyl groups excluding tert-OH is 1. The van der Waals surface area contributed by atoms with Crippen molar-refractivity contribution in [3.8, 4) is 0 Å². The lowest BCUT2D eigenvalue weighted by Gasteiger charge is -2.37. The van der Waals surface area contributed by atoms with E-state index in [1.165, 1.54) is 0 Å². The molecule has 2 aliphatic rings. The fraction of sp³-hybridized carbons (Fsp3) is 0.520. The molecule has 0 spiro atoms. The Kier molecular flexibility index (Phi) is 6.84. The van der Waals surface area contributed by atoms with E-state index < -0.39 is 6.23 Å². The highest BCUT2D eigenvalue weighted by Gasteiger charge is 2.39. The average molecular weight is 533 g/mol. The Bertz CT molecular complexity index is 1290. The van der Waals surface area contributed by atoms with Gasteiger partial charge in [-0.05, 0) is 38.0 Å². The van der Waals surface area contributed by atoms with Gasteiger partial charge in [-0.2, -0.15) is 5.10 Å². The van der Waals surface area contributed by atoms with E-state index in [2.05, 4.69) is 24.0 Å². The third-order valence-corrected chi connectivity index (χ3v) is 7.74. The summed E-state index contributed by atoms with van der Waals surface area (Å²) < 4.78 is 7.77. The molecule has 1 amide bonds. The molecule has 0 aliphatic carbocycles. The monoisotopic (exact) mass is 532 g/mol. The fourth-order valence-corrected chi connectivity index (χ4v) is 5.34. The predicted molar refractivity (Wildman–Crippen MR) is 135 cm³/mol. The maximum atomic E-state index is 13.4. The van der Waals surface area contributed by atoms with Crippen LogP contribution in [-0.4, -0.2) is 53.4 Å². The van der Waals surface area contributed by atoms with Crippen LogP contribution in [0.25, 0.3) is 0 Å². The van der Waals surface area contributed by atoms with Crippen LogP contribution < -0.4 is 0 Å². The lowest BCUT2D eigenvalue weighted by atomic mass is 9.97. The molecule has 192 valence electrons. The number of fused-ring (bicyclic) bond motifs is 3. The second kappa shape index (κ2) is 9.78. The first-order valence-electron chi connectivity index (χ1n) is 12.2. The predicted octanol–water partition coefficient (Wildman–Crippen LogP) is 4.43. The van der Waals surface area contributed by atoms with Crippen molar-refractivity contribution in [2.24, 2.45) is 5.92 Å². The Morgan fingerprint density at radius 1 is 1.19 bits per heavy atom. The Labute approximate surface area is 220 Å². The van der Waals surface area contributed by atoms with Crippen LogP contribution in [0, 0.1) is 5.92 Å². The summed E-state index contributed by atoms with van der Waals surface area (Å²) in [5.74, 6) is 1.36. The molecule has 1 aromatic carbocycles. The van der Waals surface area contributed by atoms with E-state index in [0.29, 0.717) is 71.5 Å². The summed E-state index contributed by atoms with van der Waals surface area (Å²) in [6.07, 6.45) is 0.400. The third-order valence-electron chi connectivity index (χ3n) is 7.00. The first-order valence-corrected chi connectivity index (χ1v) is 13.0. The molecule has 0 bridgehead atoms. The maximum absolute atomic E-state index is 13.4. The molecule has 3 aromatic rings. The zero-order valence-electron chi connectivity index (χ0n) is 20.8. The van der Waals surface area contributed by atoms with E-state index >= 15 is 0 Å².